The van der Waals surface area contributed by atoms with Crippen molar-refractivity contribution in [3.8, 4) is 0 Å². The molecule has 1 atom stereocenters. The highest BCUT2D eigenvalue weighted by Crippen LogP contribution is 1.81. The van der Waals surface area contributed by atoms with Gasteiger partial charge < -0.3 is 30.3 Å². The van der Waals surface area contributed by atoms with E-state index in [9.17, 15) is 0 Å². The van der Waals surface area contributed by atoms with Crippen LogP contribution in [0.5, 0.6) is 0 Å². The maximum absolute atomic E-state index is 8.63. The molecule has 13 heavy (non-hydrogen) atoms. The van der Waals surface area contributed by atoms with Crippen LogP contribution in [0, 0.1) is 0 Å². The molecule has 0 saturated heterocycles. The van der Waals surface area contributed by atoms with Gasteiger partial charge >= 0.3 is 0 Å². The summed E-state index contributed by atoms with van der Waals surface area (Å²) in [7, 11) is 0. The topological polar surface area (TPSA) is 110 Å². The van der Waals surface area contributed by atoms with Crippen molar-refractivity contribution in [3.05, 3.63) is 0 Å². The molecule has 0 aromatic carbocycles. The molecule has 0 aromatic heterocycles. The van der Waals surface area contributed by atoms with Crippen LogP contribution in [0.1, 0.15) is 0 Å². The lowest BCUT2D eigenvalue weighted by Crippen LogP contribution is -2.20. The van der Waals surface area contributed by atoms with Crippen LogP contribution in [0.2, 0.25) is 0 Å². The van der Waals surface area contributed by atoms with Gasteiger partial charge in [-0.25, -0.2) is 0 Å². The Bertz CT molecular complexity index is 77.4. The summed E-state index contributed by atoms with van der Waals surface area (Å²) in [5.74, 6) is 0. The number of ether oxygens (including phenoxy) is 1. The molecule has 6 nitrogen and oxygen atoms in total. The van der Waals surface area contributed by atoms with Crippen LogP contribution in [0.15, 0.2) is 0 Å². The van der Waals surface area contributed by atoms with Gasteiger partial charge in [0, 0.05) is 0 Å². The molecule has 1 unspecified atom stereocenters. The Hall–Kier alpha value is -0.240. The van der Waals surface area contributed by atoms with Gasteiger partial charge in [-0.3, -0.25) is 0 Å². The Morgan fingerprint density at radius 2 is 1.46 bits per heavy atom. The Morgan fingerprint density at radius 3 is 1.77 bits per heavy atom. The monoisotopic (exact) mass is 198 g/mol. The van der Waals surface area contributed by atoms with Crippen LogP contribution >= 0.6 is 0 Å². The predicted octanol–water partition coefficient (Wildman–Crippen LogP) is -2.68. The average Bonchev–Trinajstić information content (AvgIpc) is 2.18. The van der Waals surface area contributed by atoms with Crippen LogP contribution in [0.4, 0.5) is 0 Å². The first-order valence-electron chi connectivity index (χ1n) is 3.92. The Kier molecular flexibility index (Phi) is 16.8. The molecule has 0 amide bonds. The van der Waals surface area contributed by atoms with E-state index in [4.69, 9.17) is 25.5 Å². The van der Waals surface area contributed by atoms with Gasteiger partial charge in [0.15, 0.2) is 0 Å². The van der Waals surface area contributed by atoms with Crippen molar-refractivity contribution >= 4 is 0 Å². The zero-order chi connectivity index (χ0) is 10.5. The Balaban J connectivity index is 0. The van der Waals surface area contributed by atoms with E-state index in [-0.39, 0.29) is 39.6 Å². The molecule has 0 aliphatic heterocycles. The van der Waals surface area contributed by atoms with Gasteiger partial charge in [-0.05, 0) is 0 Å². The molecular weight excluding hydrogens is 180 g/mol. The van der Waals surface area contributed by atoms with Crippen LogP contribution in [0.25, 0.3) is 0 Å². The van der Waals surface area contributed by atoms with Gasteiger partial charge in [-0.2, -0.15) is 0 Å². The second-order valence-electron chi connectivity index (χ2n) is 2.08. The first kappa shape index (κ1) is 15.2. The first-order valence-corrected chi connectivity index (χ1v) is 3.92. The summed E-state index contributed by atoms with van der Waals surface area (Å²) < 4.78 is 4.68. The van der Waals surface area contributed by atoms with E-state index in [1.165, 1.54) is 0 Å². The molecule has 5 N–H and O–H groups in total. The summed E-state index contributed by atoms with van der Waals surface area (Å²) in [5.41, 5.74) is 0. The summed E-state index contributed by atoms with van der Waals surface area (Å²) in [5, 5.41) is 40.3. The minimum atomic E-state index is -0.823. The molecule has 0 rings (SSSR count). The third kappa shape index (κ3) is 18.6. The lowest BCUT2D eigenvalue weighted by molar-refractivity contribution is -0.00361. The second-order valence-corrected chi connectivity index (χ2v) is 2.08. The minimum absolute atomic E-state index is 0.0574. The molecule has 0 fully saturated rings. The molecule has 0 aromatic rings. The van der Waals surface area contributed by atoms with Gasteiger partial charge in [-0.1, -0.05) is 0 Å². The summed E-state index contributed by atoms with van der Waals surface area (Å²) in [6, 6.07) is 0. The summed E-state index contributed by atoms with van der Waals surface area (Å²) >= 11 is 0. The Labute approximate surface area is 77.0 Å². The van der Waals surface area contributed by atoms with Crippen LogP contribution in [-0.4, -0.2) is 71.3 Å². The maximum atomic E-state index is 8.63. The number of rotatable bonds is 6. The highest BCUT2D eigenvalue weighted by molar-refractivity contribution is 4.47. The van der Waals surface area contributed by atoms with Crippen molar-refractivity contribution in [2.75, 3.05) is 39.6 Å². The fraction of sp³-hybridized carbons (Fsp3) is 1.00. The predicted molar refractivity (Wildman–Crippen MR) is 45.2 cm³/mol. The van der Waals surface area contributed by atoms with Gasteiger partial charge in [0.25, 0.3) is 0 Å². The third-order valence-corrected chi connectivity index (χ3v) is 0.857. The van der Waals surface area contributed by atoms with Gasteiger partial charge in [0.2, 0.25) is 0 Å². The molecule has 82 valence electrons. The quantitative estimate of drug-likeness (QED) is 0.297. The van der Waals surface area contributed by atoms with Crippen molar-refractivity contribution in [2.45, 2.75) is 6.10 Å². The fourth-order valence-electron chi connectivity index (χ4n) is 0.337. The minimum Gasteiger partial charge on any atom is -0.394 e. The maximum Gasteiger partial charge on any atom is 0.100 e. The number of aliphatic hydroxyl groups excluding tert-OH is 5. The molecule has 0 saturated carbocycles. The fourth-order valence-corrected chi connectivity index (χ4v) is 0.337. The molecule has 0 heterocycles. The van der Waals surface area contributed by atoms with E-state index in [1.54, 1.807) is 0 Å². The molecule has 0 spiro atoms. The number of hydrogen-bond acceptors (Lipinski definition) is 6. The van der Waals surface area contributed by atoms with Gasteiger partial charge in [0.05, 0.1) is 39.6 Å². The van der Waals surface area contributed by atoms with Gasteiger partial charge in [-0.15, -0.1) is 0 Å². The molecule has 0 aliphatic rings. The van der Waals surface area contributed by atoms with E-state index in [0.29, 0.717) is 0 Å². The standard InChI is InChI=1S/C5H12O4.C2H6O2/c6-1-2-9-4-5(8)3-7;3-1-2-4/h5-8H,1-4H2;3-4H,1-2H2. The van der Waals surface area contributed by atoms with E-state index in [0.717, 1.165) is 0 Å². The molecular formula is C7H18O6. The SMILES string of the molecule is OCCO.OCCOCC(O)CO. The van der Waals surface area contributed by atoms with Crippen molar-refractivity contribution in [1.82, 2.24) is 0 Å². The number of hydrogen-bond donors (Lipinski definition) is 5. The lowest BCUT2D eigenvalue weighted by Gasteiger charge is -2.05. The van der Waals surface area contributed by atoms with Gasteiger partial charge in [0.1, 0.15) is 6.10 Å². The second kappa shape index (κ2) is 14.3. The van der Waals surface area contributed by atoms with Crippen LogP contribution in [0.3, 0.4) is 0 Å². The summed E-state index contributed by atoms with van der Waals surface area (Å²) in [6.07, 6.45) is -0.823. The van der Waals surface area contributed by atoms with Crippen molar-refractivity contribution in [1.29, 1.82) is 0 Å². The zero-order valence-corrected chi connectivity index (χ0v) is 7.46. The molecule has 0 radical (unpaired) electrons. The van der Waals surface area contributed by atoms with E-state index >= 15 is 0 Å². The highest BCUT2D eigenvalue weighted by atomic mass is 16.5. The molecule has 0 aliphatic carbocycles. The summed E-state index contributed by atoms with van der Waals surface area (Å²) in [6.45, 7) is -0.322. The molecule has 6 heteroatoms. The largest absolute Gasteiger partial charge is 0.394 e. The van der Waals surface area contributed by atoms with Crippen molar-refractivity contribution < 1.29 is 30.3 Å². The van der Waals surface area contributed by atoms with Crippen LogP contribution < -0.4 is 0 Å². The molecule has 0 bridgehead atoms. The highest BCUT2D eigenvalue weighted by Gasteiger charge is 1.99. The van der Waals surface area contributed by atoms with E-state index in [1.807, 2.05) is 0 Å². The van der Waals surface area contributed by atoms with E-state index < -0.39 is 6.10 Å². The summed E-state index contributed by atoms with van der Waals surface area (Å²) in [4.78, 5) is 0. The zero-order valence-electron chi connectivity index (χ0n) is 7.46. The Morgan fingerprint density at radius 1 is 0.923 bits per heavy atom. The lowest BCUT2D eigenvalue weighted by atomic mass is 10.4. The van der Waals surface area contributed by atoms with Crippen molar-refractivity contribution in [3.63, 3.8) is 0 Å². The normalized spacial score (nSPS) is 11.8. The smallest absolute Gasteiger partial charge is 0.100 e. The first-order chi connectivity index (χ1) is 6.22. The third-order valence-electron chi connectivity index (χ3n) is 0.857. The van der Waals surface area contributed by atoms with Crippen LogP contribution in [-0.2, 0) is 4.74 Å². The van der Waals surface area contributed by atoms with Crippen molar-refractivity contribution in [2.24, 2.45) is 0 Å². The average molecular weight is 198 g/mol. The number of aliphatic hydroxyl groups is 5. The van der Waals surface area contributed by atoms with E-state index in [2.05, 4.69) is 4.74 Å².